The molecule has 0 spiro atoms. The minimum Gasteiger partial charge on any atom is -0.412 e. The Balaban J connectivity index is 1.59. The minimum absolute atomic E-state index is 0.246. The maximum absolute atomic E-state index is 6.55. The third-order valence-electron chi connectivity index (χ3n) is 5.49. The van der Waals surface area contributed by atoms with Crippen molar-refractivity contribution in [2.75, 3.05) is 49.2 Å². The van der Waals surface area contributed by atoms with E-state index in [1.807, 2.05) is 6.20 Å². The topological polar surface area (TPSA) is 51.0 Å². The van der Waals surface area contributed by atoms with Crippen molar-refractivity contribution in [2.24, 2.45) is 0 Å². The van der Waals surface area contributed by atoms with Crippen LogP contribution < -0.4 is 9.80 Å². The van der Waals surface area contributed by atoms with Gasteiger partial charge < -0.3 is 23.4 Å². The van der Waals surface area contributed by atoms with Crippen molar-refractivity contribution in [1.29, 1.82) is 0 Å². The largest absolute Gasteiger partial charge is 0.412 e. The summed E-state index contributed by atoms with van der Waals surface area (Å²) >= 11 is 0. The zero-order valence-electron chi connectivity index (χ0n) is 15.7. The summed E-state index contributed by atoms with van der Waals surface area (Å²) < 4.78 is 17.9. The van der Waals surface area contributed by atoms with Gasteiger partial charge in [0.1, 0.15) is 0 Å². The first-order valence-corrected chi connectivity index (χ1v) is 11.9. The molecule has 2 fully saturated rings. The molecule has 1 aromatic heterocycles. The van der Waals surface area contributed by atoms with Crippen molar-refractivity contribution in [3.8, 4) is 0 Å². The monoisotopic (exact) mass is 353 g/mol. The Labute approximate surface area is 146 Å². The van der Waals surface area contributed by atoms with Crippen LogP contribution >= 0.6 is 0 Å². The normalized spacial score (nSPS) is 23.1. The summed E-state index contributed by atoms with van der Waals surface area (Å²) in [4.78, 5) is 8.86. The van der Waals surface area contributed by atoms with Gasteiger partial charge in [0, 0.05) is 26.2 Å². The lowest BCUT2D eigenvalue weighted by atomic mass is 10.2. The maximum Gasteiger partial charge on any atom is 0.299 e. The van der Waals surface area contributed by atoms with Crippen LogP contribution in [0.4, 0.5) is 11.9 Å². The molecule has 3 rings (SSSR count). The Morgan fingerprint density at radius 3 is 2.54 bits per heavy atom. The molecule has 6 nitrogen and oxygen atoms in total. The summed E-state index contributed by atoms with van der Waals surface area (Å²) in [6, 6.07) is 0.710. The van der Waals surface area contributed by atoms with Crippen molar-refractivity contribution in [1.82, 2.24) is 4.98 Å². The summed E-state index contributed by atoms with van der Waals surface area (Å²) in [5, 5.41) is 0.246. The van der Waals surface area contributed by atoms with E-state index < -0.39 is 8.32 Å². The molecule has 1 aromatic rings. The molecule has 2 saturated heterocycles. The molecule has 2 aliphatic heterocycles. The van der Waals surface area contributed by atoms with Gasteiger partial charge in [0.25, 0.3) is 6.01 Å². The van der Waals surface area contributed by atoms with E-state index in [0.29, 0.717) is 12.1 Å². The Kier molecular flexibility index (Phi) is 4.95. The molecule has 24 heavy (non-hydrogen) atoms. The number of morpholine rings is 1. The molecule has 3 heterocycles. The van der Waals surface area contributed by atoms with Crippen LogP contribution in [0.2, 0.25) is 18.1 Å². The highest BCUT2D eigenvalue weighted by atomic mass is 28.4. The first kappa shape index (κ1) is 17.8. The number of hydrogen-bond donors (Lipinski definition) is 0. The average Bonchev–Trinajstić information content (AvgIpc) is 3.15. The second-order valence-electron chi connectivity index (χ2n) is 8.32. The number of rotatable bonds is 4. The van der Waals surface area contributed by atoms with Crippen molar-refractivity contribution in [3.05, 3.63) is 6.20 Å². The fourth-order valence-corrected chi connectivity index (χ4v) is 4.30. The SMILES string of the molecule is CC(C)(C)[Si](C)(C)OC1CCN(c2cnc(N3CCOCC3)o2)C1. The van der Waals surface area contributed by atoms with E-state index in [9.17, 15) is 0 Å². The number of ether oxygens (including phenoxy) is 1. The highest BCUT2D eigenvalue weighted by Crippen LogP contribution is 2.38. The molecular weight excluding hydrogens is 322 g/mol. The van der Waals surface area contributed by atoms with Gasteiger partial charge in [0.2, 0.25) is 5.88 Å². The zero-order valence-corrected chi connectivity index (χ0v) is 16.7. The van der Waals surface area contributed by atoms with Crippen molar-refractivity contribution >= 4 is 20.2 Å². The second kappa shape index (κ2) is 6.69. The highest BCUT2D eigenvalue weighted by Gasteiger charge is 2.40. The van der Waals surface area contributed by atoms with Crippen molar-refractivity contribution in [2.45, 2.75) is 51.4 Å². The fourth-order valence-electron chi connectivity index (χ4n) is 2.92. The van der Waals surface area contributed by atoms with E-state index in [1.54, 1.807) is 0 Å². The van der Waals surface area contributed by atoms with Crippen LogP contribution in [0.25, 0.3) is 0 Å². The fraction of sp³-hybridized carbons (Fsp3) is 0.824. The van der Waals surface area contributed by atoms with Crippen LogP contribution in [-0.4, -0.2) is 58.8 Å². The van der Waals surface area contributed by atoms with Crippen LogP contribution in [0, 0.1) is 0 Å². The van der Waals surface area contributed by atoms with Gasteiger partial charge in [-0.1, -0.05) is 20.8 Å². The minimum atomic E-state index is -1.72. The molecule has 2 aliphatic rings. The van der Waals surface area contributed by atoms with E-state index in [0.717, 1.165) is 51.7 Å². The molecule has 1 unspecified atom stereocenters. The third kappa shape index (κ3) is 3.78. The molecule has 7 heteroatoms. The van der Waals surface area contributed by atoms with Gasteiger partial charge >= 0.3 is 0 Å². The smallest absolute Gasteiger partial charge is 0.299 e. The van der Waals surface area contributed by atoms with Crippen LogP contribution in [-0.2, 0) is 9.16 Å². The molecule has 1 atom stereocenters. The van der Waals surface area contributed by atoms with Gasteiger partial charge in [-0.05, 0) is 24.6 Å². The van der Waals surface area contributed by atoms with Gasteiger partial charge in [0.15, 0.2) is 8.32 Å². The molecule has 0 amide bonds. The standard InChI is InChI=1S/C17H31N3O3Si/c1-17(2,3)24(4,5)23-14-6-7-20(13-14)15-12-18-16(22-15)19-8-10-21-11-9-19/h12,14H,6-11,13H2,1-5H3. The number of anilines is 2. The van der Waals surface area contributed by atoms with Gasteiger partial charge in [0.05, 0.1) is 25.5 Å². The molecule has 136 valence electrons. The summed E-state index contributed by atoms with van der Waals surface area (Å²) in [7, 11) is -1.72. The molecule has 0 aliphatic carbocycles. The molecule has 0 N–H and O–H groups in total. The Morgan fingerprint density at radius 2 is 1.88 bits per heavy atom. The predicted molar refractivity (Wildman–Crippen MR) is 98.4 cm³/mol. The van der Waals surface area contributed by atoms with Crippen LogP contribution in [0.1, 0.15) is 27.2 Å². The van der Waals surface area contributed by atoms with Crippen molar-refractivity contribution < 1.29 is 13.6 Å². The van der Waals surface area contributed by atoms with E-state index in [4.69, 9.17) is 13.6 Å². The van der Waals surface area contributed by atoms with E-state index in [-0.39, 0.29) is 5.04 Å². The molecule has 0 radical (unpaired) electrons. The first-order chi connectivity index (χ1) is 11.3. The van der Waals surface area contributed by atoms with Gasteiger partial charge in [-0.3, -0.25) is 0 Å². The third-order valence-corrected chi connectivity index (χ3v) is 10.0. The van der Waals surface area contributed by atoms with E-state index in [1.165, 1.54) is 0 Å². The number of oxazole rings is 1. The lowest BCUT2D eigenvalue weighted by molar-refractivity contribution is 0.120. The van der Waals surface area contributed by atoms with Crippen LogP contribution in [0.15, 0.2) is 10.6 Å². The Morgan fingerprint density at radius 1 is 1.17 bits per heavy atom. The van der Waals surface area contributed by atoms with E-state index >= 15 is 0 Å². The van der Waals surface area contributed by atoms with Crippen molar-refractivity contribution in [3.63, 3.8) is 0 Å². The summed E-state index contributed by atoms with van der Waals surface area (Å²) in [6.07, 6.45) is 3.20. The maximum atomic E-state index is 6.55. The van der Waals surface area contributed by atoms with E-state index in [2.05, 4.69) is 48.6 Å². The lowest BCUT2D eigenvalue weighted by Gasteiger charge is -2.38. The second-order valence-corrected chi connectivity index (χ2v) is 13.1. The molecule has 0 saturated carbocycles. The van der Waals surface area contributed by atoms with Gasteiger partial charge in [-0.15, -0.1) is 0 Å². The van der Waals surface area contributed by atoms with Gasteiger partial charge in [-0.25, -0.2) is 0 Å². The quantitative estimate of drug-likeness (QED) is 0.775. The number of aromatic nitrogens is 1. The average molecular weight is 354 g/mol. The molecule has 0 bridgehead atoms. The highest BCUT2D eigenvalue weighted by molar-refractivity contribution is 6.74. The Bertz CT molecular complexity index is 550. The summed E-state index contributed by atoms with van der Waals surface area (Å²) in [5.74, 6) is 0.859. The van der Waals surface area contributed by atoms with Gasteiger partial charge in [-0.2, -0.15) is 4.98 Å². The molecular formula is C17H31N3O3Si. The molecule has 0 aromatic carbocycles. The summed E-state index contributed by atoms with van der Waals surface area (Å²) in [6.45, 7) is 16.5. The number of nitrogens with zero attached hydrogens (tertiary/aromatic N) is 3. The van der Waals surface area contributed by atoms with Crippen LogP contribution in [0.5, 0.6) is 0 Å². The van der Waals surface area contributed by atoms with Crippen LogP contribution in [0.3, 0.4) is 0 Å². The lowest BCUT2D eigenvalue weighted by Crippen LogP contribution is -2.44. The summed E-state index contributed by atoms with van der Waals surface area (Å²) in [5.41, 5.74) is 0. The first-order valence-electron chi connectivity index (χ1n) is 8.97. The Hall–Kier alpha value is -1.05. The predicted octanol–water partition coefficient (Wildman–Crippen LogP) is 3.11. The zero-order chi connectivity index (χ0) is 17.4. The number of hydrogen-bond acceptors (Lipinski definition) is 6.